The van der Waals surface area contributed by atoms with Crippen LogP contribution in [-0.2, 0) is 11.2 Å². The maximum atomic E-state index is 5.79. The van der Waals surface area contributed by atoms with Crippen LogP contribution < -0.4 is 5.32 Å². The van der Waals surface area contributed by atoms with Gasteiger partial charge in [0.2, 0.25) is 0 Å². The Morgan fingerprint density at radius 1 is 1.32 bits per heavy atom. The Labute approximate surface area is 120 Å². The molecule has 1 N–H and O–H groups in total. The molecule has 0 spiro atoms. The van der Waals surface area contributed by atoms with Crippen LogP contribution in [0.4, 0.5) is 0 Å². The summed E-state index contributed by atoms with van der Waals surface area (Å²) in [6.07, 6.45) is 8.13. The monoisotopic (exact) mass is 279 g/mol. The van der Waals surface area contributed by atoms with Crippen LogP contribution in [0.3, 0.4) is 0 Å². The first-order chi connectivity index (χ1) is 9.36. The summed E-state index contributed by atoms with van der Waals surface area (Å²) in [5, 5.41) is 5.58. The maximum absolute atomic E-state index is 5.79. The Morgan fingerprint density at radius 2 is 2.21 bits per heavy atom. The third-order valence-corrected chi connectivity index (χ3v) is 4.74. The van der Waals surface area contributed by atoms with Crippen molar-refractivity contribution in [3.8, 4) is 0 Å². The molecule has 0 aromatic carbocycles. The van der Waals surface area contributed by atoms with E-state index in [0.717, 1.165) is 44.6 Å². The SMILES string of the molecule is CC1CC=CCC1COCCNCCc1cccs1. The Bertz CT molecular complexity index is 361. The molecule has 1 aromatic heterocycles. The minimum Gasteiger partial charge on any atom is -0.380 e. The van der Waals surface area contributed by atoms with Crippen molar-refractivity contribution < 1.29 is 4.74 Å². The second kappa shape index (κ2) is 8.51. The van der Waals surface area contributed by atoms with Gasteiger partial charge in [0, 0.05) is 18.0 Å². The largest absolute Gasteiger partial charge is 0.380 e. The van der Waals surface area contributed by atoms with Crippen LogP contribution in [0.1, 0.15) is 24.6 Å². The van der Waals surface area contributed by atoms with Crippen molar-refractivity contribution in [2.45, 2.75) is 26.2 Å². The second-order valence-corrected chi connectivity index (χ2v) is 6.37. The normalized spacial score (nSPS) is 22.8. The summed E-state index contributed by atoms with van der Waals surface area (Å²) in [7, 11) is 0. The zero-order chi connectivity index (χ0) is 13.3. The van der Waals surface area contributed by atoms with E-state index < -0.39 is 0 Å². The molecule has 1 heterocycles. The van der Waals surface area contributed by atoms with E-state index in [4.69, 9.17) is 4.74 Å². The summed E-state index contributed by atoms with van der Waals surface area (Å²) < 4.78 is 5.79. The zero-order valence-electron chi connectivity index (χ0n) is 11.8. The molecule has 2 rings (SSSR count). The highest BCUT2D eigenvalue weighted by Crippen LogP contribution is 2.24. The van der Waals surface area contributed by atoms with Crippen LogP contribution in [0, 0.1) is 11.8 Å². The molecule has 2 atom stereocenters. The lowest BCUT2D eigenvalue weighted by Crippen LogP contribution is -2.25. The van der Waals surface area contributed by atoms with Crippen LogP contribution in [0.5, 0.6) is 0 Å². The molecule has 1 aliphatic rings. The van der Waals surface area contributed by atoms with Crippen molar-refractivity contribution in [3.63, 3.8) is 0 Å². The van der Waals surface area contributed by atoms with Crippen LogP contribution in [-0.4, -0.2) is 26.3 Å². The van der Waals surface area contributed by atoms with Crippen LogP contribution in [0.15, 0.2) is 29.7 Å². The Hall–Kier alpha value is -0.640. The number of rotatable bonds is 8. The molecule has 19 heavy (non-hydrogen) atoms. The first-order valence-corrected chi connectivity index (χ1v) is 8.20. The van der Waals surface area contributed by atoms with Gasteiger partial charge >= 0.3 is 0 Å². The molecule has 2 unspecified atom stereocenters. The highest BCUT2D eigenvalue weighted by Gasteiger charge is 2.17. The Kier molecular flexibility index (Phi) is 6.62. The number of hydrogen-bond acceptors (Lipinski definition) is 3. The second-order valence-electron chi connectivity index (χ2n) is 5.33. The van der Waals surface area contributed by atoms with E-state index in [-0.39, 0.29) is 0 Å². The molecule has 2 nitrogen and oxygen atoms in total. The van der Waals surface area contributed by atoms with E-state index >= 15 is 0 Å². The van der Waals surface area contributed by atoms with Crippen LogP contribution >= 0.6 is 11.3 Å². The molecule has 0 bridgehead atoms. The fourth-order valence-electron chi connectivity index (χ4n) is 2.41. The maximum Gasteiger partial charge on any atom is 0.0591 e. The molecular formula is C16H25NOS. The molecule has 0 fully saturated rings. The Morgan fingerprint density at radius 3 is 3.00 bits per heavy atom. The lowest BCUT2D eigenvalue weighted by molar-refractivity contribution is 0.0810. The average molecular weight is 279 g/mol. The van der Waals surface area contributed by atoms with Gasteiger partial charge in [0.1, 0.15) is 0 Å². The molecule has 0 saturated heterocycles. The predicted molar refractivity (Wildman–Crippen MR) is 82.7 cm³/mol. The Balaban J connectivity index is 1.45. The van der Waals surface area contributed by atoms with Crippen molar-refractivity contribution in [2.75, 3.05) is 26.3 Å². The first-order valence-electron chi connectivity index (χ1n) is 7.32. The molecule has 0 amide bonds. The summed E-state index contributed by atoms with van der Waals surface area (Å²) in [5.74, 6) is 1.49. The third kappa shape index (κ3) is 5.47. The summed E-state index contributed by atoms with van der Waals surface area (Å²) >= 11 is 1.83. The molecule has 106 valence electrons. The van der Waals surface area contributed by atoms with Gasteiger partial charge in [0.25, 0.3) is 0 Å². The highest BCUT2D eigenvalue weighted by atomic mass is 32.1. The predicted octanol–water partition coefficient (Wildman–Crippen LogP) is 3.50. The van der Waals surface area contributed by atoms with E-state index in [2.05, 4.69) is 41.9 Å². The number of thiophene rings is 1. The first kappa shape index (κ1) is 14.8. The number of ether oxygens (including phenoxy) is 1. The summed E-state index contributed by atoms with van der Waals surface area (Å²) in [5.41, 5.74) is 0. The van der Waals surface area contributed by atoms with Gasteiger partial charge in [-0.2, -0.15) is 0 Å². The fraction of sp³-hybridized carbons (Fsp3) is 0.625. The summed E-state index contributed by atoms with van der Waals surface area (Å²) in [4.78, 5) is 1.45. The quantitative estimate of drug-likeness (QED) is 0.581. The zero-order valence-corrected chi connectivity index (χ0v) is 12.6. The van der Waals surface area contributed by atoms with Gasteiger partial charge in [-0.1, -0.05) is 25.1 Å². The third-order valence-electron chi connectivity index (χ3n) is 3.80. The van der Waals surface area contributed by atoms with E-state index in [1.54, 1.807) is 0 Å². The van der Waals surface area contributed by atoms with Crippen molar-refractivity contribution in [1.29, 1.82) is 0 Å². The van der Waals surface area contributed by atoms with Gasteiger partial charge in [-0.05, 0) is 42.5 Å². The van der Waals surface area contributed by atoms with Gasteiger partial charge in [-0.25, -0.2) is 0 Å². The lowest BCUT2D eigenvalue weighted by atomic mass is 9.85. The summed E-state index contributed by atoms with van der Waals surface area (Å²) in [6.45, 7) is 6.08. The molecule has 0 radical (unpaired) electrons. The average Bonchev–Trinajstić information content (AvgIpc) is 2.93. The van der Waals surface area contributed by atoms with Crippen LogP contribution in [0.2, 0.25) is 0 Å². The van der Waals surface area contributed by atoms with Crippen LogP contribution in [0.25, 0.3) is 0 Å². The molecule has 1 aromatic rings. The van der Waals surface area contributed by atoms with Crippen molar-refractivity contribution >= 4 is 11.3 Å². The van der Waals surface area contributed by atoms with Crippen molar-refractivity contribution in [3.05, 3.63) is 34.5 Å². The van der Waals surface area contributed by atoms with Gasteiger partial charge in [-0.3, -0.25) is 0 Å². The standard InChI is InChI=1S/C16H25NOS/c1-14-5-2-3-6-15(14)13-18-11-10-17-9-8-16-7-4-12-19-16/h2-4,7,12,14-15,17H,5-6,8-11,13H2,1H3. The number of nitrogens with one attached hydrogen (secondary N) is 1. The van der Waals surface area contributed by atoms with Crippen molar-refractivity contribution in [2.24, 2.45) is 11.8 Å². The van der Waals surface area contributed by atoms with Gasteiger partial charge < -0.3 is 10.1 Å². The van der Waals surface area contributed by atoms with Gasteiger partial charge in [-0.15, -0.1) is 11.3 Å². The van der Waals surface area contributed by atoms with Gasteiger partial charge in [0.15, 0.2) is 0 Å². The molecule has 1 aliphatic carbocycles. The summed E-state index contributed by atoms with van der Waals surface area (Å²) in [6, 6.07) is 4.31. The molecule has 0 aliphatic heterocycles. The minimum atomic E-state index is 0.719. The molecule has 3 heteroatoms. The lowest BCUT2D eigenvalue weighted by Gasteiger charge is -2.24. The van der Waals surface area contributed by atoms with E-state index in [9.17, 15) is 0 Å². The van der Waals surface area contributed by atoms with Gasteiger partial charge in [0.05, 0.1) is 13.2 Å². The minimum absolute atomic E-state index is 0.719. The van der Waals surface area contributed by atoms with Crippen molar-refractivity contribution in [1.82, 2.24) is 5.32 Å². The number of allylic oxidation sites excluding steroid dienone is 2. The number of hydrogen-bond donors (Lipinski definition) is 1. The molecule has 0 saturated carbocycles. The highest BCUT2D eigenvalue weighted by molar-refractivity contribution is 7.09. The van der Waals surface area contributed by atoms with E-state index in [1.165, 1.54) is 17.7 Å². The van der Waals surface area contributed by atoms with E-state index in [0.29, 0.717) is 0 Å². The smallest absolute Gasteiger partial charge is 0.0591 e. The molecular weight excluding hydrogens is 254 g/mol. The fourth-order valence-corrected chi connectivity index (χ4v) is 3.12. The topological polar surface area (TPSA) is 21.3 Å². The van der Waals surface area contributed by atoms with E-state index in [1.807, 2.05) is 11.3 Å².